The molecule has 1 aromatic heterocycles. The molecule has 0 radical (unpaired) electrons. The van der Waals surface area contributed by atoms with Gasteiger partial charge in [-0.2, -0.15) is 0 Å². The second kappa shape index (κ2) is 7.48. The van der Waals surface area contributed by atoms with Crippen molar-refractivity contribution in [3.05, 3.63) is 76.0 Å². The molecular weight excluding hydrogens is 388 g/mol. The van der Waals surface area contributed by atoms with Crippen molar-refractivity contribution in [2.45, 2.75) is 11.8 Å². The van der Waals surface area contributed by atoms with E-state index in [1.165, 1.54) is 48.5 Å². The van der Waals surface area contributed by atoms with Crippen LogP contribution >= 0.6 is 0 Å². The number of nitrogens with one attached hydrogen (secondary N) is 2. The van der Waals surface area contributed by atoms with Crippen molar-refractivity contribution in [2.75, 3.05) is 10.0 Å². The molecule has 0 aliphatic heterocycles. The number of rotatable bonds is 6. The van der Waals surface area contributed by atoms with Gasteiger partial charge in [0.15, 0.2) is 5.82 Å². The molecule has 2 aromatic carbocycles. The van der Waals surface area contributed by atoms with Gasteiger partial charge in [-0.15, -0.1) is 0 Å². The van der Waals surface area contributed by atoms with Crippen molar-refractivity contribution >= 4 is 33.1 Å². The Morgan fingerprint density at radius 2 is 1.86 bits per heavy atom. The molecule has 0 spiro atoms. The quantitative estimate of drug-likeness (QED) is 0.476. The first-order chi connectivity index (χ1) is 13.2. The van der Waals surface area contributed by atoms with Crippen LogP contribution in [-0.2, 0) is 10.0 Å². The molecule has 1 amide bonds. The minimum atomic E-state index is -3.87. The molecule has 0 fully saturated rings. The van der Waals surface area contributed by atoms with Gasteiger partial charge in [-0.25, -0.2) is 8.42 Å². The van der Waals surface area contributed by atoms with Crippen LogP contribution in [-0.4, -0.2) is 24.4 Å². The minimum absolute atomic E-state index is 0.0403. The van der Waals surface area contributed by atoms with Crippen molar-refractivity contribution < 1.29 is 22.7 Å². The van der Waals surface area contributed by atoms with Crippen molar-refractivity contribution in [3.8, 4) is 0 Å². The smallest absolute Gasteiger partial charge is 0.270 e. The van der Waals surface area contributed by atoms with E-state index < -0.39 is 20.9 Å². The molecular formula is C17H14N4O6S. The highest BCUT2D eigenvalue weighted by molar-refractivity contribution is 7.92. The second-order valence-corrected chi connectivity index (χ2v) is 7.40. The Hall–Kier alpha value is -3.73. The van der Waals surface area contributed by atoms with Crippen molar-refractivity contribution in [1.29, 1.82) is 0 Å². The van der Waals surface area contributed by atoms with Gasteiger partial charge in [0.2, 0.25) is 0 Å². The molecule has 0 saturated carbocycles. The van der Waals surface area contributed by atoms with Gasteiger partial charge in [-0.1, -0.05) is 11.2 Å². The third-order valence-electron chi connectivity index (χ3n) is 3.61. The third-order valence-corrected chi connectivity index (χ3v) is 4.98. The lowest BCUT2D eigenvalue weighted by Gasteiger charge is -2.08. The number of carbonyl (C=O) groups excluding carboxylic acids is 1. The fourth-order valence-corrected chi connectivity index (χ4v) is 3.28. The van der Waals surface area contributed by atoms with Crippen LogP contribution in [0.5, 0.6) is 0 Å². The number of amides is 1. The largest absolute Gasteiger partial charge is 0.360 e. The monoisotopic (exact) mass is 402 g/mol. The SMILES string of the molecule is Cc1cc(NS(=O)(=O)c2ccc(NC(=O)c3cccc([N+](=O)[O-])c3)cc2)no1. The maximum Gasteiger partial charge on any atom is 0.270 e. The highest BCUT2D eigenvalue weighted by Crippen LogP contribution is 2.19. The van der Waals surface area contributed by atoms with E-state index in [0.29, 0.717) is 11.4 Å². The van der Waals surface area contributed by atoms with Crippen molar-refractivity contribution in [1.82, 2.24) is 5.16 Å². The molecule has 28 heavy (non-hydrogen) atoms. The molecule has 10 nitrogen and oxygen atoms in total. The first-order valence-corrected chi connectivity index (χ1v) is 9.35. The van der Waals surface area contributed by atoms with Crippen LogP contribution in [0, 0.1) is 17.0 Å². The lowest BCUT2D eigenvalue weighted by atomic mass is 10.2. The fraction of sp³-hybridized carbons (Fsp3) is 0.0588. The summed E-state index contributed by atoms with van der Waals surface area (Å²) in [6, 6.07) is 12.1. The number of nitrogens with zero attached hydrogens (tertiary/aromatic N) is 2. The van der Waals surface area contributed by atoms with Gasteiger partial charge in [0.1, 0.15) is 5.76 Å². The Balaban J connectivity index is 1.73. The van der Waals surface area contributed by atoms with Crippen LogP contribution in [0.4, 0.5) is 17.2 Å². The number of hydrogen-bond acceptors (Lipinski definition) is 7. The summed E-state index contributed by atoms with van der Waals surface area (Å²) in [5, 5.41) is 16.9. The van der Waals surface area contributed by atoms with E-state index in [9.17, 15) is 23.3 Å². The van der Waals surface area contributed by atoms with Crippen LogP contribution < -0.4 is 10.0 Å². The first kappa shape index (κ1) is 19.0. The van der Waals surface area contributed by atoms with Gasteiger partial charge in [-0.3, -0.25) is 19.6 Å². The van der Waals surface area contributed by atoms with E-state index in [1.54, 1.807) is 6.92 Å². The van der Waals surface area contributed by atoms with Crippen LogP contribution in [0.2, 0.25) is 0 Å². The van der Waals surface area contributed by atoms with Crippen LogP contribution in [0.1, 0.15) is 16.1 Å². The van der Waals surface area contributed by atoms with Gasteiger partial charge >= 0.3 is 0 Å². The fourth-order valence-electron chi connectivity index (χ4n) is 2.29. The van der Waals surface area contributed by atoms with E-state index in [-0.39, 0.29) is 22.0 Å². The zero-order valence-corrected chi connectivity index (χ0v) is 15.3. The summed E-state index contributed by atoms with van der Waals surface area (Å²) in [6.45, 7) is 1.63. The predicted molar refractivity (Wildman–Crippen MR) is 99.5 cm³/mol. The van der Waals surface area contributed by atoms with E-state index in [0.717, 1.165) is 6.07 Å². The van der Waals surface area contributed by atoms with Crippen molar-refractivity contribution in [2.24, 2.45) is 0 Å². The zero-order chi connectivity index (χ0) is 20.3. The van der Waals surface area contributed by atoms with Gasteiger partial charge in [0.25, 0.3) is 21.6 Å². The summed E-state index contributed by atoms with van der Waals surface area (Å²) in [4.78, 5) is 22.4. The summed E-state index contributed by atoms with van der Waals surface area (Å²) in [5.41, 5.74) is 0.227. The molecule has 11 heteroatoms. The number of hydrogen-bond donors (Lipinski definition) is 2. The molecule has 0 aliphatic carbocycles. The molecule has 0 saturated heterocycles. The lowest BCUT2D eigenvalue weighted by Crippen LogP contribution is -2.14. The molecule has 1 heterocycles. The van der Waals surface area contributed by atoms with Crippen LogP contribution in [0.25, 0.3) is 0 Å². The normalized spacial score (nSPS) is 11.0. The average molecular weight is 402 g/mol. The van der Waals surface area contributed by atoms with E-state index in [2.05, 4.69) is 15.2 Å². The molecule has 3 aromatic rings. The van der Waals surface area contributed by atoms with Gasteiger partial charge in [0, 0.05) is 29.4 Å². The molecule has 0 bridgehead atoms. The Morgan fingerprint density at radius 3 is 2.46 bits per heavy atom. The zero-order valence-electron chi connectivity index (χ0n) is 14.4. The summed E-state index contributed by atoms with van der Waals surface area (Å²) < 4.78 is 31.7. The molecule has 0 unspecified atom stereocenters. The maximum atomic E-state index is 12.3. The third kappa shape index (κ3) is 4.32. The summed E-state index contributed by atoms with van der Waals surface area (Å²) in [6.07, 6.45) is 0. The van der Waals surface area contributed by atoms with Crippen molar-refractivity contribution in [3.63, 3.8) is 0 Å². The molecule has 0 aliphatic rings. The number of sulfonamides is 1. The molecule has 144 valence electrons. The lowest BCUT2D eigenvalue weighted by molar-refractivity contribution is -0.384. The topological polar surface area (TPSA) is 144 Å². The van der Waals surface area contributed by atoms with E-state index in [4.69, 9.17) is 4.52 Å². The Bertz CT molecular complexity index is 1140. The molecule has 3 rings (SSSR count). The van der Waals surface area contributed by atoms with Gasteiger partial charge < -0.3 is 9.84 Å². The number of aryl methyl sites for hydroxylation is 1. The number of nitro groups is 1. The first-order valence-electron chi connectivity index (χ1n) is 7.86. The van der Waals surface area contributed by atoms with Crippen LogP contribution in [0.15, 0.2) is 64.0 Å². The summed E-state index contributed by atoms with van der Waals surface area (Å²) in [5.74, 6) is -0.0482. The highest BCUT2D eigenvalue weighted by Gasteiger charge is 2.17. The van der Waals surface area contributed by atoms with Gasteiger partial charge in [0.05, 0.1) is 9.82 Å². The summed E-state index contributed by atoms with van der Waals surface area (Å²) in [7, 11) is -3.87. The number of nitro benzene ring substituents is 1. The van der Waals surface area contributed by atoms with Gasteiger partial charge in [-0.05, 0) is 37.3 Å². The number of non-ortho nitro benzene ring substituents is 1. The molecule has 0 atom stereocenters. The number of carbonyl (C=O) groups is 1. The predicted octanol–water partition coefficient (Wildman–Crippen LogP) is 2.94. The highest BCUT2D eigenvalue weighted by atomic mass is 32.2. The Morgan fingerprint density at radius 1 is 1.14 bits per heavy atom. The number of benzene rings is 2. The average Bonchev–Trinajstić information content (AvgIpc) is 3.06. The minimum Gasteiger partial charge on any atom is -0.360 e. The Labute approximate surface area is 159 Å². The molecule has 2 N–H and O–H groups in total. The maximum absolute atomic E-state index is 12.3. The number of anilines is 2. The Kier molecular flexibility index (Phi) is 5.09. The number of aromatic nitrogens is 1. The standard InChI is InChI=1S/C17H14N4O6S/c1-11-9-16(19-27-11)20-28(25,26)15-7-5-13(6-8-15)18-17(22)12-3-2-4-14(10-12)21(23)24/h2-10H,1H3,(H,18,22)(H,19,20). The summed E-state index contributed by atoms with van der Waals surface area (Å²) >= 11 is 0. The van der Waals surface area contributed by atoms with Crippen LogP contribution in [0.3, 0.4) is 0 Å². The van der Waals surface area contributed by atoms with E-state index >= 15 is 0 Å². The second-order valence-electron chi connectivity index (χ2n) is 5.71. The van der Waals surface area contributed by atoms with E-state index in [1.807, 2.05) is 0 Å².